The van der Waals surface area contributed by atoms with Gasteiger partial charge in [0.15, 0.2) is 0 Å². The molecule has 148 valence electrons. The van der Waals surface area contributed by atoms with Crippen LogP contribution in [0.1, 0.15) is 11.1 Å². The number of hydrogen-bond donors (Lipinski definition) is 0. The highest BCUT2D eigenvalue weighted by Gasteiger charge is 2.28. The lowest BCUT2D eigenvalue weighted by Crippen LogP contribution is -2.34. The maximum atomic E-state index is 13.0. The number of rotatable bonds is 5. The van der Waals surface area contributed by atoms with Gasteiger partial charge >= 0.3 is 0 Å². The smallest absolute Gasteiger partial charge is 0.227 e. The highest BCUT2D eigenvalue weighted by atomic mass is 16.2. The van der Waals surface area contributed by atoms with Crippen molar-refractivity contribution < 1.29 is 4.79 Å². The van der Waals surface area contributed by atoms with Crippen molar-refractivity contribution in [3.05, 3.63) is 84.4 Å². The fourth-order valence-electron chi connectivity index (χ4n) is 3.94. The van der Waals surface area contributed by atoms with Crippen LogP contribution in [-0.4, -0.2) is 52.4 Å². The molecule has 1 saturated heterocycles. The molecule has 0 spiro atoms. The largest absolute Gasteiger partial charge is 0.344 e. The van der Waals surface area contributed by atoms with Crippen LogP contribution in [0.3, 0.4) is 0 Å². The van der Waals surface area contributed by atoms with Crippen molar-refractivity contribution in [3.8, 4) is 11.1 Å². The Labute approximate surface area is 172 Å². The summed E-state index contributed by atoms with van der Waals surface area (Å²) in [4.78, 5) is 25.4. The Morgan fingerprint density at radius 2 is 1.62 bits per heavy atom. The van der Waals surface area contributed by atoms with Crippen LogP contribution < -0.4 is 0 Å². The molecule has 1 aliphatic rings. The zero-order valence-electron chi connectivity index (χ0n) is 16.7. The van der Waals surface area contributed by atoms with Crippen LogP contribution in [0.15, 0.2) is 73.3 Å². The van der Waals surface area contributed by atoms with Gasteiger partial charge in [0.1, 0.15) is 0 Å². The zero-order chi connectivity index (χ0) is 20.1. The first-order valence-corrected chi connectivity index (χ1v) is 10.0. The molecular weight excluding hydrogens is 360 g/mol. The summed E-state index contributed by atoms with van der Waals surface area (Å²) < 4.78 is 0. The van der Waals surface area contributed by atoms with Crippen LogP contribution in [0, 0.1) is 5.92 Å². The standard InChI is InChI=1S/C24H26N4O/c1-27-13-14-28(17-19-5-9-25-10-6-19)18-23(24(27)29)16-20-3-2-4-22(15-20)21-7-11-26-12-8-21/h2-12,15,23H,13-14,16-18H2,1H3/t23-/m0/s1. The molecule has 0 bridgehead atoms. The van der Waals surface area contributed by atoms with Crippen LogP contribution in [0.2, 0.25) is 0 Å². The fraction of sp³-hybridized carbons (Fsp3) is 0.292. The molecule has 5 heteroatoms. The minimum atomic E-state index is -0.0444. The van der Waals surface area contributed by atoms with E-state index in [2.05, 4.69) is 39.1 Å². The minimum Gasteiger partial charge on any atom is -0.344 e. The number of pyridine rings is 2. The molecule has 29 heavy (non-hydrogen) atoms. The lowest BCUT2D eigenvalue weighted by Gasteiger charge is -2.23. The average molecular weight is 386 g/mol. The number of carbonyl (C=O) groups is 1. The fourth-order valence-corrected chi connectivity index (χ4v) is 3.94. The number of benzene rings is 1. The van der Waals surface area contributed by atoms with Gasteiger partial charge in [-0.1, -0.05) is 24.3 Å². The van der Waals surface area contributed by atoms with Crippen LogP contribution in [0.25, 0.3) is 11.1 Å². The van der Waals surface area contributed by atoms with Gasteiger partial charge < -0.3 is 4.90 Å². The van der Waals surface area contributed by atoms with Gasteiger partial charge in [-0.2, -0.15) is 0 Å². The van der Waals surface area contributed by atoms with Crippen LogP contribution in [-0.2, 0) is 17.8 Å². The van der Waals surface area contributed by atoms with Gasteiger partial charge in [-0.25, -0.2) is 0 Å². The number of carbonyl (C=O) groups excluding carboxylic acids is 1. The molecule has 0 saturated carbocycles. The van der Waals surface area contributed by atoms with E-state index in [1.807, 2.05) is 61.0 Å². The molecule has 1 atom stereocenters. The zero-order valence-corrected chi connectivity index (χ0v) is 16.7. The Kier molecular flexibility index (Phi) is 5.96. The molecule has 0 radical (unpaired) electrons. The third-order valence-corrected chi connectivity index (χ3v) is 5.53. The van der Waals surface area contributed by atoms with Gasteiger partial charge in [0.05, 0.1) is 5.92 Å². The molecule has 1 amide bonds. The molecule has 1 aromatic carbocycles. The van der Waals surface area contributed by atoms with E-state index in [1.54, 1.807) is 0 Å². The second kappa shape index (κ2) is 8.97. The Balaban J connectivity index is 1.52. The van der Waals surface area contributed by atoms with Crippen molar-refractivity contribution in [1.29, 1.82) is 0 Å². The summed E-state index contributed by atoms with van der Waals surface area (Å²) in [7, 11) is 1.92. The molecule has 1 aliphatic heterocycles. The van der Waals surface area contributed by atoms with Gasteiger partial charge in [0, 0.05) is 58.0 Å². The molecule has 1 fully saturated rings. The topological polar surface area (TPSA) is 49.3 Å². The van der Waals surface area contributed by atoms with Crippen molar-refractivity contribution in [2.75, 3.05) is 26.7 Å². The van der Waals surface area contributed by atoms with Crippen molar-refractivity contribution >= 4 is 5.91 Å². The third kappa shape index (κ3) is 4.87. The van der Waals surface area contributed by atoms with E-state index < -0.39 is 0 Å². The third-order valence-electron chi connectivity index (χ3n) is 5.53. The molecule has 3 heterocycles. The van der Waals surface area contributed by atoms with Gasteiger partial charge in [-0.05, 0) is 52.9 Å². The summed E-state index contributed by atoms with van der Waals surface area (Å²) in [6, 6.07) is 16.6. The highest BCUT2D eigenvalue weighted by Crippen LogP contribution is 2.23. The summed E-state index contributed by atoms with van der Waals surface area (Å²) in [6.07, 6.45) is 8.01. The molecule has 0 aliphatic carbocycles. The molecular formula is C24H26N4O. The van der Waals surface area contributed by atoms with E-state index in [9.17, 15) is 4.79 Å². The molecule has 0 N–H and O–H groups in total. The minimum absolute atomic E-state index is 0.0444. The van der Waals surface area contributed by atoms with Crippen molar-refractivity contribution in [3.63, 3.8) is 0 Å². The predicted octanol–water partition coefficient (Wildman–Crippen LogP) is 3.28. The maximum Gasteiger partial charge on any atom is 0.227 e. The monoisotopic (exact) mass is 386 g/mol. The second-order valence-electron chi connectivity index (χ2n) is 7.69. The number of aromatic nitrogens is 2. The van der Waals surface area contributed by atoms with E-state index in [1.165, 1.54) is 11.1 Å². The Bertz CT molecular complexity index is 945. The van der Waals surface area contributed by atoms with E-state index in [0.717, 1.165) is 43.7 Å². The van der Waals surface area contributed by atoms with Crippen LogP contribution in [0.4, 0.5) is 0 Å². The van der Waals surface area contributed by atoms with Gasteiger partial charge in [-0.15, -0.1) is 0 Å². The second-order valence-corrected chi connectivity index (χ2v) is 7.69. The highest BCUT2D eigenvalue weighted by molar-refractivity contribution is 5.79. The molecule has 4 rings (SSSR count). The lowest BCUT2D eigenvalue weighted by atomic mass is 9.95. The summed E-state index contributed by atoms with van der Waals surface area (Å²) in [5.74, 6) is 0.188. The summed E-state index contributed by atoms with van der Waals surface area (Å²) in [5.41, 5.74) is 4.73. The van der Waals surface area contributed by atoms with Gasteiger partial charge in [-0.3, -0.25) is 19.7 Å². The Hall–Kier alpha value is -3.05. The number of likely N-dealkylation sites (N-methyl/N-ethyl adjacent to an activating group) is 1. The normalized spacial score (nSPS) is 17.9. The molecule has 5 nitrogen and oxygen atoms in total. The number of hydrogen-bond acceptors (Lipinski definition) is 4. The quantitative estimate of drug-likeness (QED) is 0.675. The van der Waals surface area contributed by atoms with Gasteiger partial charge in [0.25, 0.3) is 0 Å². The van der Waals surface area contributed by atoms with E-state index in [4.69, 9.17) is 0 Å². The average Bonchev–Trinajstić information content (AvgIpc) is 2.89. The first-order valence-electron chi connectivity index (χ1n) is 10.0. The summed E-state index contributed by atoms with van der Waals surface area (Å²) in [6.45, 7) is 3.26. The van der Waals surface area contributed by atoms with Crippen LogP contribution in [0.5, 0.6) is 0 Å². The SMILES string of the molecule is CN1CCN(Cc2ccncc2)C[C@H](Cc2cccc(-c3ccncc3)c2)C1=O. The summed E-state index contributed by atoms with van der Waals surface area (Å²) >= 11 is 0. The first kappa shape index (κ1) is 19.3. The molecule has 0 unspecified atom stereocenters. The Morgan fingerprint density at radius 1 is 0.897 bits per heavy atom. The number of amides is 1. The first-order chi connectivity index (χ1) is 14.2. The number of nitrogens with zero attached hydrogens (tertiary/aromatic N) is 4. The predicted molar refractivity (Wildman–Crippen MR) is 114 cm³/mol. The van der Waals surface area contributed by atoms with Crippen molar-refractivity contribution in [2.45, 2.75) is 13.0 Å². The van der Waals surface area contributed by atoms with E-state index >= 15 is 0 Å². The lowest BCUT2D eigenvalue weighted by molar-refractivity contribution is -0.133. The van der Waals surface area contributed by atoms with Crippen molar-refractivity contribution in [2.24, 2.45) is 5.92 Å². The van der Waals surface area contributed by atoms with Gasteiger partial charge in [0.2, 0.25) is 5.91 Å². The Morgan fingerprint density at radius 3 is 2.38 bits per heavy atom. The molecule has 3 aromatic rings. The summed E-state index contributed by atoms with van der Waals surface area (Å²) in [5, 5.41) is 0. The van der Waals surface area contributed by atoms with E-state index in [0.29, 0.717) is 0 Å². The van der Waals surface area contributed by atoms with Crippen molar-refractivity contribution in [1.82, 2.24) is 19.8 Å². The molecule has 2 aromatic heterocycles. The van der Waals surface area contributed by atoms with E-state index in [-0.39, 0.29) is 11.8 Å². The van der Waals surface area contributed by atoms with Crippen LogP contribution >= 0.6 is 0 Å². The maximum absolute atomic E-state index is 13.0.